The average molecular weight is 266 g/mol. The molecule has 0 aromatic carbocycles. The van der Waals surface area contributed by atoms with Crippen molar-refractivity contribution in [3.05, 3.63) is 11.6 Å². The minimum absolute atomic E-state index is 0.00382. The SMILES string of the molecule is C[C@H]1C[C@@H](O)[C@@H](O)C2=CC(=O)[C@H]3[C@H](C3(C)CO)[C@@]21C. The molecule has 2 fully saturated rings. The quantitative estimate of drug-likeness (QED) is 0.646. The van der Waals surface area contributed by atoms with Crippen molar-refractivity contribution in [1.29, 1.82) is 0 Å². The van der Waals surface area contributed by atoms with E-state index < -0.39 is 12.2 Å². The summed E-state index contributed by atoms with van der Waals surface area (Å²) in [7, 11) is 0. The molecule has 0 aromatic heterocycles. The lowest BCUT2D eigenvalue weighted by atomic mass is 9.57. The molecular weight excluding hydrogens is 244 g/mol. The second-order valence-corrected chi connectivity index (χ2v) is 7.05. The highest BCUT2D eigenvalue weighted by atomic mass is 16.3. The van der Waals surface area contributed by atoms with Gasteiger partial charge in [-0.1, -0.05) is 20.8 Å². The smallest absolute Gasteiger partial charge is 0.159 e. The number of fused-ring (bicyclic) bond motifs is 3. The van der Waals surface area contributed by atoms with Gasteiger partial charge in [0.2, 0.25) is 0 Å². The number of hydrogen-bond acceptors (Lipinski definition) is 4. The second-order valence-electron chi connectivity index (χ2n) is 7.05. The number of hydrogen-bond donors (Lipinski definition) is 3. The number of carbonyl (C=O) groups is 1. The third kappa shape index (κ3) is 1.37. The summed E-state index contributed by atoms with van der Waals surface area (Å²) in [5, 5.41) is 29.8. The topological polar surface area (TPSA) is 77.8 Å². The Morgan fingerprint density at radius 3 is 2.58 bits per heavy atom. The van der Waals surface area contributed by atoms with Crippen LogP contribution in [-0.2, 0) is 4.79 Å². The maximum absolute atomic E-state index is 12.2. The molecule has 106 valence electrons. The van der Waals surface area contributed by atoms with Crippen molar-refractivity contribution in [3.63, 3.8) is 0 Å². The molecule has 4 nitrogen and oxygen atoms in total. The van der Waals surface area contributed by atoms with Crippen molar-refractivity contribution in [2.75, 3.05) is 6.61 Å². The van der Waals surface area contributed by atoms with Crippen molar-refractivity contribution < 1.29 is 20.1 Å². The molecule has 3 rings (SSSR count). The predicted molar refractivity (Wildman–Crippen MR) is 69.2 cm³/mol. The Hall–Kier alpha value is -0.710. The van der Waals surface area contributed by atoms with Crippen LogP contribution in [0.3, 0.4) is 0 Å². The van der Waals surface area contributed by atoms with Crippen LogP contribution in [0.25, 0.3) is 0 Å². The molecule has 19 heavy (non-hydrogen) atoms. The molecular formula is C15H22O4. The number of aliphatic hydroxyl groups is 3. The first-order valence-electron chi connectivity index (χ1n) is 7.01. The Labute approximate surface area is 113 Å². The maximum Gasteiger partial charge on any atom is 0.159 e. The van der Waals surface area contributed by atoms with Crippen LogP contribution >= 0.6 is 0 Å². The molecule has 4 heteroatoms. The van der Waals surface area contributed by atoms with Crippen LogP contribution in [0, 0.1) is 28.6 Å². The van der Waals surface area contributed by atoms with Gasteiger partial charge >= 0.3 is 0 Å². The normalized spacial score (nSPS) is 56.2. The van der Waals surface area contributed by atoms with E-state index in [1.807, 2.05) is 6.92 Å². The molecule has 0 heterocycles. The molecule has 0 saturated heterocycles. The zero-order valence-electron chi connectivity index (χ0n) is 11.6. The first-order chi connectivity index (χ1) is 8.78. The number of rotatable bonds is 1. The lowest BCUT2D eigenvalue weighted by Gasteiger charge is -2.48. The molecule has 0 bridgehead atoms. The third-order valence-electron chi connectivity index (χ3n) is 6.16. The van der Waals surface area contributed by atoms with Gasteiger partial charge in [0.05, 0.1) is 6.10 Å². The number of aliphatic hydroxyl groups excluding tert-OH is 3. The van der Waals surface area contributed by atoms with Crippen LogP contribution in [0.15, 0.2) is 11.6 Å². The zero-order chi connectivity index (χ0) is 14.2. The highest BCUT2D eigenvalue weighted by Crippen LogP contribution is 2.73. The van der Waals surface area contributed by atoms with Gasteiger partial charge in [0.25, 0.3) is 0 Å². The maximum atomic E-state index is 12.2. The van der Waals surface area contributed by atoms with E-state index in [1.54, 1.807) is 0 Å². The van der Waals surface area contributed by atoms with E-state index in [0.717, 1.165) is 0 Å². The fraction of sp³-hybridized carbons (Fsp3) is 0.800. The summed E-state index contributed by atoms with van der Waals surface area (Å²) in [4.78, 5) is 12.2. The van der Waals surface area contributed by atoms with Crippen molar-refractivity contribution in [1.82, 2.24) is 0 Å². The van der Waals surface area contributed by atoms with Gasteiger partial charge in [0.15, 0.2) is 5.78 Å². The molecule has 3 N–H and O–H groups in total. The van der Waals surface area contributed by atoms with Crippen LogP contribution < -0.4 is 0 Å². The van der Waals surface area contributed by atoms with E-state index in [-0.39, 0.29) is 41.0 Å². The summed E-state index contributed by atoms with van der Waals surface area (Å²) in [6.45, 7) is 6.08. The van der Waals surface area contributed by atoms with Crippen LogP contribution in [0.5, 0.6) is 0 Å². The predicted octanol–water partition coefficient (Wildman–Crippen LogP) is 0.508. The van der Waals surface area contributed by atoms with Gasteiger partial charge in [0, 0.05) is 17.9 Å². The van der Waals surface area contributed by atoms with Crippen molar-refractivity contribution in [2.45, 2.75) is 39.4 Å². The first kappa shape index (κ1) is 13.3. The fourth-order valence-electron chi connectivity index (χ4n) is 4.80. The third-order valence-corrected chi connectivity index (χ3v) is 6.16. The molecule has 2 saturated carbocycles. The van der Waals surface area contributed by atoms with Crippen molar-refractivity contribution in [3.8, 4) is 0 Å². The van der Waals surface area contributed by atoms with E-state index in [2.05, 4.69) is 13.8 Å². The number of carbonyl (C=O) groups excluding carboxylic acids is 1. The zero-order valence-corrected chi connectivity index (χ0v) is 11.6. The Balaban J connectivity index is 2.10. The summed E-state index contributed by atoms with van der Waals surface area (Å²) in [5.74, 6) is 0.131. The highest BCUT2D eigenvalue weighted by Gasteiger charge is 2.74. The molecule has 0 spiro atoms. The Bertz CT molecular complexity index is 471. The molecule has 0 aromatic rings. The van der Waals surface area contributed by atoms with Gasteiger partial charge in [-0.2, -0.15) is 0 Å². The van der Waals surface area contributed by atoms with E-state index >= 15 is 0 Å². The van der Waals surface area contributed by atoms with E-state index in [9.17, 15) is 20.1 Å². The monoisotopic (exact) mass is 266 g/mol. The molecule has 3 aliphatic carbocycles. The lowest BCUT2D eigenvalue weighted by Crippen LogP contribution is -2.49. The molecule has 0 aliphatic heterocycles. The largest absolute Gasteiger partial charge is 0.396 e. The fourth-order valence-corrected chi connectivity index (χ4v) is 4.80. The van der Waals surface area contributed by atoms with Crippen molar-refractivity contribution in [2.24, 2.45) is 28.6 Å². The summed E-state index contributed by atoms with van der Waals surface area (Å²) in [6, 6.07) is 0. The highest BCUT2D eigenvalue weighted by molar-refractivity contribution is 5.98. The van der Waals surface area contributed by atoms with Gasteiger partial charge in [-0.3, -0.25) is 4.79 Å². The minimum atomic E-state index is -0.949. The van der Waals surface area contributed by atoms with Gasteiger partial charge in [-0.05, 0) is 35.3 Å². The number of allylic oxidation sites excluding steroid dienone is 1. The van der Waals surface area contributed by atoms with E-state index in [1.165, 1.54) is 6.08 Å². The average Bonchev–Trinajstić information content (AvgIpc) is 3.00. The van der Waals surface area contributed by atoms with Crippen LogP contribution in [0.4, 0.5) is 0 Å². The molecule has 1 unspecified atom stereocenters. The van der Waals surface area contributed by atoms with Gasteiger partial charge in [-0.15, -0.1) is 0 Å². The van der Waals surface area contributed by atoms with E-state index in [0.29, 0.717) is 12.0 Å². The van der Waals surface area contributed by atoms with Crippen LogP contribution in [0.1, 0.15) is 27.2 Å². The summed E-state index contributed by atoms with van der Waals surface area (Å²) < 4.78 is 0. The van der Waals surface area contributed by atoms with Gasteiger partial charge in [-0.25, -0.2) is 0 Å². The van der Waals surface area contributed by atoms with Gasteiger partial charge < -0.3 is 15.3 Å². The molecule has 7 atom stereocenters. The van der Waals surface area contributed by atoms with Crippen molar-refractivity contribution >= 4 is 5.78 Å². The van der Waals surface area contributed by atoms with E-state index in [4.69, 9.17) is 0 Å². The number of ketones is 1. The minimum Gasteiger partial charge on any atom is -0.396 e. The molecule has 0 amide bonds. The van der Waals surface area contributed by atoms with Gasteiger partial charge in [0.1, 0.15) is 6.10 Å². The lowest BCUT2D eigenvalue weighted by molar-refractivity contribution is -0.118. The van der Waals surface area contributed by atoms with Crippen LogP contribution in [0.2, 0.25) is 0 Å². The first-order valence-corrected chi connectivity index (χ1v) is 7.01. The molecule has 0 radical (unpaired) electrons. The summed E-state index contributed by atoms with van der Waals surface area (Å²) >= 11 is 0. The Morgan fingerprint density at radius 2 is 2.00 bits per heavy atom. The standard InChI is InChI=1S/C15H22O4/c1-7-4-10(18)12(19)8-5-9(17)11-13(15(7,8)3)14(11,2)6-16/h5,7,10-13,16,18-19H,4,6H2,1-3H3/t7-,10+,11-,12-,13+,14?,15+/m0/s1. The Kier molecular flexibility index (Phi) is 2.58. The molecule has 3 aliphatic rings. The van der Waals surface area contributed by atoms with Crippen LogP contribution in [-0.4, -0.2) is 39.9 Å². The second kappa shape index (κ2) is 3.68. The summed E-state index contributed by atoms with van der Waals surface area (Å²) in [5.41, 5.74) is -0.00289. The summed E-state index contributed by atoms with van der Waals surface area (Å²) in [6.07, 6.45) is 0.326. The Morgan fingerprint density at radius 1 is 1.37 bits per heavy atom.